The number of aromatic hydroxyl groups is 1. The van der Waals surface area contributed by atoms with E-state index in [2.05, 4.69) is 9.97 Å². The number of hydrogen-bond donors (Lipinski definition) is 1. The zero-order chi connectivity index (χ0) is 20.2. The Kier molecular flexibility index (Phi) is 7.34. The highest BCUT2D eigenvalue weighted by atomic mass is 35.5. The van der Waals surface area contributed by atoms with Crippen molar-refractivity contribution in [3.8, 4) is 23.3 Å². The maximum absolute atomic E-state index is 12.1. The van der Waals surface area contributed by atoms with Crippen molar-refractivity contribution < 1.29 is 23.7 Å². The lowest BCUT2D eigenvalue weighted by molar-refractivity contribution is 0.297. The summed E-state index contributed by atoms with van der Waals surface area (Å²) in [5.41, 5.74) is 0.446. The Balaban J connectivity index is 2.20. The molecule has 0 saturated heterocycles. The molecule has 1 aromatic heterocycles. The molecule has 1 atom stereocenters. The lowest BCUT2D eigenvalue weighted by Crippen LogP contribution is -2.02. The molecule has 0 aliphatic rings. The van der Waals surface area contributed by atoms with Gasteiger partial charge in [0, 0.05) is 18.8 Å². The molecular weight excluding hydrogens is 414 g/mol. The predicted molar refractivity (Wildman–Crippen MR) is 105 cm³/mol. The predicted octanol–water partition coefficient (Wildman–Crippen LogP) is 5.69. The minimum atomic E-state index is -2.86. The van der Waals surface area contributed by atoms with E-state index >= 15 is 0 Å². The van der Waals surface area contributed by atoms with Crippen LogP contribution in [0.15, 0.2) is 18.3 Å². The van der Waals surface area contributed by atoms with Gasteiger partial charge in [0.25, 0.3) is 0 Å². The van der Waals surface area contributed by atoms with E-state index in [4.69, 9.17) is 37.2 Å². The average Bonchev–Trinajstić information content (AvgIpc) is 2.57. The third-order valence-electron chi connectivity index (χ3n) is 3.36. The van der Waals surface area contributed by atoms with Gasteiger partial charge in [-0.05, 0) is 12.8 Å². The van der Waals surface area contributed by atoms with Crippen molar-refractivity contribution in [1.82, 2.24) is 9.97 Å². The topological polar surface area (TPSA) is 90.8 Å². The number of halogens is 2. The van der Waals surface area contributed by atoms with Crippen LogP contribution in [0.4, 0.5) is 0 Å². The third kappa shape index (κ3) is 5.98. The van der Waals surface area contributed by atoms with Gasteiger partial charge in [-0.25, -0.2) is 0 Å². The first-order chi connectivity index (χ1) is 12.6. The molecule has 0 fully saturated rings. The first-order valence-electron chi connectivity index (χ1n) is 8.19. The summed E-state index contributed by atoms with van der Waals surface area (Å²) in [6, 6.07) is 2.97. The van der Waals surface area contributed by atoms with E-state index in [1.54, 1.807) is 6.92 Å². The highest BCUT2D eigenvalue weighted by molar-refractivity contribution is 7.57. The van der Waals surface area contributed by atoms with Crippen molar-refractivity contribution >= 4 is 30.6 Å². The van der Waals surface area contributed by atoms with Crippen LogP contribution >= 0.6 is 30.6 Å². The quantitative estimate of drug-likeness (QED) is 0.533. The lowest BCUT2D eigenvalue weighted by Gasteiger charge is -2.15. The molecule has 7 nitrogen and oxygen atoms in total. The summed E-state index contributed by atoms with van der Waals surface area (Å²) in [5, 5.41) is 10.1. The normalized spacial score (nSPS) is 13.4. The molecule has 1 N–H and O–H groups in total. The molecule has 1 aromatic carbocycles. The van der Waals surface area contributed by atoms with Crippen LogP contribution in [0, 0.1) is 0 Å². The molecule has 27 heavy (non-hydrogen) atoms. The minimum Gasteiger partial charge on any atom is -0.504 e. The molecule has 0 saturated carbocycles. The molecule has 10 heteroatoms. The molecule has 0 radical (unpaired) electrons. The summed E-state index contributed by atoms with van der Waals surface area (Å²) >= 11 is 12.5. The zero-order valence-electron chi connectivity index (χ0n) is 15.4. The van der Waals surface area contributed by atoms with Crippen LogP contribution in [0.3, 0.4) is 0 Å². The monoisotopic (exact) mass is 434 g/mol. The van der Waals surface area contributed by atoms with E-state index in [0.717, 1.165) is 0 Å². The fourth-order valence-electron chi connectivity index (χ4n) is 2.16. The molecule has 1 heterocycles. The number of benzene rings is 1. The second-order valence-electron chi connectivity index (χ2n) is 6.10. The van der Waals surface area contributed by atoms with E-state index < -0.39 is 7.37 Å². The van der Waals surface area contributed by atoms with Crippen LogP contribution in [0.5, 0.6) is 23.3 Å². The molecule has 0 amide bonds. The van der Waals surface area contributed by atoms with Gasteiger partial charge in [0.1, 0.15) is 5.75 Å². The number of rotatable bonds is 8. The fraction of sp³-hybridized carbons (Fsp3) is 0.412. The van der Waals surface area contributed by atoms with Gasteiger partial charge in [0.2, 0.25) is 7.37 Å². The number of nitrogens with zero attached hydrogens (tertiary/aromatic N) is 2. The molecular formula is C17H21Cl2N2O5P. The van der Waals surface area contributed by atoms with Gasteiger partial charge >= 0.3 is 6.01 Å². The first kappa shape index (κ1) is 21.8. The Labute approximate surface area is 168 Å². The summed E-state index contributed by atoms with van der Waals surface area (Å²) in [4.78, 5) is 8.10. The summed E-state index contributed by atoms with van der Waals surface area (Å²) in [6.07, 6.45) is 1.15. The van der Waals surface area contributed by atoms with E-state index in [-0.39, 0.29) is 39.8 Å². The Bertz CT molecular complexity index is 840. The van der Waals surface area contributed by atoms with Crippen molar-refractivity contribution in [1.29, 1.82) is 0 Å². The molecule has 1 unspecified atom stereocenters. The molecule has 148 valence electrons. The van der Waals surface area contributed by atoms with Gasteiger partial charge in [0.05, 0.1) is 28.5 Å². The molecule has 0 bridgehead atoms. The highest BCUT2D eigenvalue weighted by Crippen LogP contribution is 2.44. The summed E-state index contributed by atoms with van der Waals surface area (Å²) in [6.45, 7) is 7.34. The smallest absolute Gasteiger partial charge is 0.322 e. The van der Waals surface area contributed by atoms with Gasteiger partial charge in [-0.1, -0.05) is 37.0 Å². The van der Waals surface area contributed by atoms with Gasteiger partial charge in [-0.15, -0.1) is 0 Å². The maximum atomic E-state index is 12.1. The van der Waals surface area contributed by atoms with Crippen LogP contribution < -0.4 is 9.47 Å². The van der Waals surface area contributed by atoms with Crippen molar-refractivity contribution in [2.24, 2.45) is 0 Å². The second-order valence-corrected chi connectivity index (χ2v) is 9.46. The number of hydrogen-bond acceptors (Lipinski definition) is 7. The van der Waals surface area contributed by atoms with Crippen molar-refractivity contribution in [2.75, 3.05) is 19.6 Å². The van der Waals surface area contributed by atoms with E-state index in [1.807, 2.05) is 13.8 Å². The van der Waals surface area contributed by atoms with Gasteiger partial charge < -0.3 is 19.1 Å². The molecule has 0 spiro atoms. The van der Waals surface area contributed by atoms with Crippen LogP contribution in [0.1, 0.15) is 32.4 Å². The molecule has 2 rings (SSSR count). The first-order valence-corrected chi connectivity index (χ1v) is 11.2. The Morgan fingerprint density at radius 1 is 1.26 bits per heavy atom. The van der Waals surface area contributed by atoms with Crippen LogP contribution in [0.2, 0.25) is 10.0 Å². The van der Waals surface area contributed by atoms with Gasteiger partial charge in [-0.3, -0.25) is 4.57 Å². The number of ether oxygens (including phenoxy) is 2. The lowest BCUT2D eigenvalue weighted by atomic mass is 10.1. The highest BCUT2D eigenvalue weighted by Gasteiger charge is 2.19. The number of aromatic nitrogens is 2. The minimum absolute atomic E-state index is 0.00312. The van der Waals surface area contributed by atoms with E-state index in [9.17, 15) is 9.67 Å². The summed E-state index contributed by atoms with van der Waals surface area (Å²) < 4.78 is 28.3. The third-order valence-corrected chi connectivity index (χ3v) is 5.32. The van der Waals surface area contributed by atoms with Crippen LogP contribution in [-0.2, 0) is 9.09 Å². The largest absolute Gasteiger partial charge is 0.504 e. The Morgan fingerprint density at radius 2 is 1.89 bits per heavy atom. The van der Waals surface area contributed by atoms with Crippen LogP contribution in [-0.4, -0.2) is 34.7 Å². The van der Waals surface area contributed by atoms with E-state index in [1.165, 1.54) is 25.0 Å². The molecule has 2 aromatic rings. The Hall–Kier alpha value is -1.53. The second kappa shape index (κ2) is 9.11. The van der Waals surface area contributed by atoms with Crippen molar-refractivity contribution in [3.05, 3.63) is 34.1 Å². The van der Waals surface area contributed by atoms with Gasteiger partial charge in [0.15, 0.2) is 17.8 Å². The summed E-state index contributed by atoms with van der Waals surface area (Å²) in [5.74, 6) is 0.438. The van der Waals surface area contributed by atoms with Crippen LogP contribution in [0.25, 0.3) is 0 Å². The summed E-state index contributed by atoms with van der Waals surface area (Å²) in [7, 11) is -2.86. The Morgan fingerprint density at radius 3 is 2.44 bits per heavy atom. The SMILES string of the molecule is CCOP(C)(=O)COc1cc(Cl)c(Oc2ncc(O)c(C(C)C)n2)c(Cl)c1. The maximum Gasteiger partial charge on any atom is 0.322 e. The van der Waals surface area contributed by atoms with Crippen molar-refractivity contribution in [3.63, 3.8) is 0 Å². The molecule has 0 aliphatic carbocycles. The molecule has 0 aliphatic heterocycles. The van der Waals surface area contributed by atoms with E-state index in [0.29, 0.717) is 18.1 Å². The van der Waals surface area contributed by atoms with Gasteiger partial charge in [-0.2, -0.15) is 9.97 Å². The fourth-order valence-corrected chi connectivity index (χ4v) is 3.71. The van der Waals surface area contributed by atoms with Crippen molar-refractivity contribution in [2.45, 2.75) is 26.7 Å². The average molecular weight is 435 g/mol. The zero-order valence-corrected chi connectivity index (χ0v) is 17.8. The standard InChI is InChI=1S/C17H21Cl2N2O5P/c1-5-25-27(4,23)9-24-11-6-12(18)16(13(19)7-11)26-17-20-8-14(22)15(21-17)10(2)3/h6-8,10,22H,5,9H2,1-4H3.